The number of carbonyl (C=O) groups is 1. The van der Waals surface area contributed by atoms with Crippen molar-refractivity contribution in [3.05, 3.63) is 41.9 Å². The number of aliphatic hydroxyl groups excluding tert-OH is 1. The number of aromatic nitrogens is 3. The van der Waals surface area contributed by atoms with Crippen molar-refractivity contribution >= 4 is 5.91 Å². The average molecular weight is 260 g/mol. The summed E-state index contributed by atoms with van der Waals surface area (Å²) in [7, 11) is 3.34. The van der Waals surface area contributed by atoms with E-state index >= 15 is 0 Å². The van der Waals surface area contributed by atoms with E-state index in [4.69, 9.17) is 0 Å². The topological polar surface area (TPSA) is 71.2 Å². The molecule has 0 radical (unpaired) electrons. The van der Waals surface area contributed by atoms with E-state index < -0.39 is 6.10 Å². The third-order valence-electron chi connectivity index (χ3n) is 2.70. The minimum atomic E-state index is -0.652. The van der Waals surface area contributed by atoms with E-state index in [1.807, 2.05) is 0 Å². The van der Waals surface area contributed by atoms with E-state index in [9.17, 15) is 9.90 Å². The molecule has 2 aromatic heterocycles. The van der Waals surface area contributed by atoms with Gasteiger partial charge in [-0.05, 0) is 19.1 Å². The van der Waals surface area contributed by atoms with Crippen molar-refractivity contribution in [1.82, 2.24) is 19.7 Å². The van der Waals surface area contributed by atoms with Gasteiger partial charge in [0.05, 0.1) is 6.10 Å². The van der Waals surface area contributed by atoms with Crippen molar-refractivity contribution in [2.75, 3.05) is 14.1 Å². The fourth-order valence-corrected chi connectivity index (χ4v) is 1.71. The van der Waals surface area contributed by atoms with Crippen LogP contribution in [0.25, 0.3) is 5.82 Å². The van der Waals surface area contributed by atoms with Gasteiger partial charge in [0.2, 0.25) is 0 Å². The minimum Gasteiger partial charge on any atom is -0.389 e. The molecule has 100 valence electrons. The molecule has 1 N–H and O–H groups in total. The third kappa shape index (κ3) is 2.63. The fraction of sp³-hybridized carbons (Fsp3) is 0.308. The van der Waals surface area contributed by atoms with Gasteiger partial charge < -0.3 is 10.0 Å². The number of hydrogen-bond donors (Lipinski definition) is 1. The molecule has 1 unspecified atom stereocenters. The Morgan fingerprint density at radius 2 is 2.16 bits per heavy atom. The molecule has 0 saturated heterocycles. The maximum atomic E-state index is 11.8. The summed E-state index contributed by atoms with van der Waals surface area (Å²) < 4.78 is 1.50. The molecular formula is C13H16N4O2. The van der Waals surface area contributed by atoms with Crippen molar-refractivity contribution in [2.45, 2.75) is 13.0 Å². The highest BCUT2D eigenvalue weighted by Gasteiger charge is 2.15. The molecule has 0 aliphatic carbocycles. The van der Waals surface area contributed by atoms with Crippen molar-refractivity contribution in [1.29, 1.82) is 0 Å². The first-order valence-electron chi connectivity index (χ1n) is 5.91. The van der Waals surface area contributed by atoms with Crippen LogP contribution in [0.3, 0.4) is 0 Å². The van der Waals surface area contributed by atoms with Gasteiger partial charge in [-0.1, -0.05) is 6.07 Å². The number of aliphatic hydroxyl groups is 1. The quantitative estimate of drug-likeness (QED) is 0.894. The van der Waals surface area contributed by atoms with Gasteiger partial charge in [0.25, 0.3) is 5.91 Å². The van der Waals surface area contributed by atoms with Crippen LogP contribution in [0.15, 0.2) is 30.6 Å². The van der Waals surface area contributed by atoms with Crippen molar-refractivity contribution < 1.29 is 9.90 Å². The van der Waals surface area contributed by atoms with Crippen LogP contribution in [0, 0.1) is 0 Å². The molecule has 0 spiro atoms. The van der Waals surface area contributed by atoms with Gasteiger partial charge in [-0.2, -0.15) is 5.10 Å². The largest absolute Gasteiger partial charge is 0.389 e. The van der Waals surface area contributed by atoms with E-state index in [-0.39, 0.29) is 5.91 Å². The third-order valence-corrected chi connectivity index (χ3v) is 2.70. The Labute approximate surface area is 111 Å². The Kier molecular flexibility index (Phi) is 3.62. The zero-order chi connectivity index (χ0) is 14.0. The summed E-state index contributed by atoms with van der Waals surface area (Å²) in [5.41, 5.74) is 1.00. The second kappa shape index (κ2) is 5.19. The molecule has 0 bridgehead atoms. The van der Waals surface area contributed by atoms with Gasteiger partial charge in [-0.25, -0.2) is 9.67 Å². The lowest BCUT2D eigenvalue weighted by molar-refractivity contribution is 0.0821. The minimum absolute atomic E-state index is 0.173. The van der Waals surface area contributed by atoms with Gasteiger partial charge in [0, 0.05) is 32.1 Å². The summed E-state index contributed by atoms with van der Waals surface area (Å²) in [6, 6.07) is 5.16. The van der Waals surface area contributed by atoms with Crippen LogP contribution < -0.4 is 0 Å². The predicted octanol–water partition coefficient (Wildman–Crippen LogP) is 1.02. The van der Waals surface area contributed by atoms with E-state index in [2.05, 4.69) is 10.1 Å². The molecule has 1 amide bonds. The van der Waals surface area contributed by atoms with Crippen molar-refractivity contribution in [3.8, 4) is 5.82 Å². The molecule has 2 rings (SSSR count). The van der Waals surface area contributed by atoms with Gasteiger partial charge in [-0.3, -0.25) is 4.79 Å². The molecule has 2 aromatic rings. The lowest BCUT2D eigenvalue weighted by atomic mass is 10.1. The normalized spacial score (nSPS) is 12.2. The van der Waals surface area contributed by atoms with Gasteiger partial charge >= 0.3 is 0 Å². The number of pyridine rings is 1. The van der Waals surface area contributed by atoms with Crippen LogP contribution in [0.5, 0.6) is 0 Å². The number of carbonyl (C=O) groups excluding carboxylic acids is 1. The molecule has 0 aliphatic heterocycles. The van der Waals surface area contributed by atoms with Crippen molar-refractivity contribution in [3.63, 3.8) is 0 Å². The smallest absolute Gasteiger partial charge is 0.273 e. The number of hydrogen-bond acceptors (Lipinski definition) is 4. The SMILES string of the molecule is CC(O)c1cccnc1-n1ccc(C(=O)N(C)C)n1. The molecule has 2 heterocycles. The summed E-state index contributed by atoms with van der Waals surface area (Å²) in [5, 5.41) is 13.9. The van der Waals surface area contributed by atoms with Crippen LogP contribution in [0.2, 0.25) is 0 Å². The first-order valence-corrected chi connectivity index (χ1v) is 5.91. The van der Waals surface area contributed by atoms with Gasteiger partial charge in [0.15, 0.2) is 11.5 Å². The number of amides is 1. The highest BCUT2D eigenvalue weighted by molar-refractivity contribution is 5.91. The standard InChI is InChI=1S/C13H16N4O2/c1-9(18)10-5-4-7-14-12(10)17-8-6-11(15-17)13(19)16(2)3/h4-9,18H,1-3H3. The Balaban J connectivity index is 2.41. The van der Waals surface area contributed by atoms with Crippen LogP contribution in [-0.2, 0) is 0 Å². The summed E-state index contributed by atoms with van der Waals surface area (Å²) >= 11 is 0. The van der Waals surface area contributed by atoms with Gasteiger partial charge in [0.1, 0.15) is 0 Å². The van der Waals surface area contributed by atoms with E-state index in [0.29, 0.717) is 17.1 Å². The average Bonchev–Trinajstić information content (AvgIpc) is 2.87. The first kappa shape index (κ1) is 13.2. The highest BCUT2D eigenvalue weighted by atomic mass is 16.3. The molecule has 0 aromatic carbocycles. The van der Waals surface area contributed by atoms with Crippen LogP contribution >= 0.6 is 0 Å². The molecule has 6 nitrogen and oxygen atoms in total. The van der Waals surface area contributed by atoms with Crippen LogP contribution in [0.4, 0.5) is 0 Å². The first-order chi connectivity index (χ1) is 9.00. The van der Waals surface area contributed by atoms with Crippen LogP contribution in [0.1, 0.15) is 29.1 Å². The number of nitrogens with zero attached hydrogens (tertiary/aromatic N) is 4. The monoisotopic (exact) mass is 260 g/mol. The van der Waals surface area contributed by atoms with E-state index in [0.717, 1.165) is 0 Å². The Morgan fingerprint density at radius 3 is 2.79 bits per heavy atom. The van der Waals surface area contributed by atoms with E-state index in [1.54, 1.807) is 51.6 Å². The molecule has 1 atom stereocenters. The summed E-state index contributed by atoms with van der Waals surface area (Å²) in [6.07, 6.45) is 2.63. The fourth-order valence-electron chi connectivity index (χ4n) is 1.71. The second-order valence-electron chi connectivity index (χ2n) is 4.44. The molecular weight excluding hydrogens is 244 g/mol. The lowest BCUT2D eigenvalue weighted by Gasteiger charge is -2.10. The second-order valence-corrected chi connectivity index (χ2v) is 4.44. The summed E-state index contributed by atoms with van der Waals surface area (Å²) in [5.74, 6) is 0.351. The van der Waals surface area contributed by atoms with E-state index in [1.165, 1.54) is 9.58 Å². The Morgan fingerprint density at radius 1 is 1.42 bits per heavy atom. The molecule has 6 heteroatoms. The zero-order valence-electron chi connectivity index (χ0n) is 11.1. The van der Waals surface area contributed by atoms with Crippen LogP contribution in [-0.4, -0.2) is 44.8 Å². The van der Waals surface area contributed by atoms with Crippen molar-refractivity contribution in [2.24, 2.45) is 0 Å². The number of rotatable bonds is 3. The maximum Gasteiger partial charge on any atom is 0.273 e. The van der Waals surface area contributed by atoms with Gasteiger partial charge in [-0.15, -0.1) is 0 Å². The molecule has 0 fully saturated rings. The molecule has 19 heavy (non-hydrogen) atoms. The molecule has 0 aliphatic rings. The Hall–Kier alpha value is -2.21. The Bertz CT molecular complexity index is 590. The maximum absolute atomic E-state index is 11.8. The molecule has 0 saturated carbocycles. The highest BCUT2D eigenvalue weighted by Crippen LogP contribution is 2.18. The summed E-state index contributed by atoms with van der Waals surface area (Å²) in [6.45, 7) is 1.66. The summed E-state index contributed by atoms with van der Waals surface area (Å²) in [4.78, 5) is 17.5. The lowest BCUT2D eigenvalue weighted by Crippen LogP contribution is -2.22. The zero-order valence-corrected chi connectivity index (χ0v) is 11.1. The predicted molar refractivity (Wildman–Crippen MR) is 70.0 cm³/mol.